The van der Waals surface area contributed by atoms with Gasteiger partial charge in [-0.15, -0.1) is 0 Å². The SMILES string of the molecule is FC(F)(F)[C@@H]1CCCN1c1ncc(-c2ncccn2)cn1. The van der Waals surface area contributed by atoms with E-state index in [1.807, 2.05) is 0 Å². The summed E-state index contributed by atoms with van der Waals surface area (Å²) in [4.78, 5) is 17.4. The van der Waals surface area contributed by atoms with Crippen molar-refractivity contribution >= 4 is 5.95 Å². The van der Waals surface area contributed by atoms with Gasteiger partial charge in [0.1, 0.15) is 6.04 Å². The molecule has 1 atom stereocenters. The Morgan fingerprint density at radius 3 is 2.33 bits per heavy atom. The molecule has 0 aromatic carbocycles. The van der Waals surface area contributed by atoms with Gasteiger partial charge in [0.2, 0.25) is 5.95 Å². The summed E-state index contributed by atoms with van der Waals surface area (Å²) in [5.74, 6) is 0.535. The molecule has 0 bridgehead atoms. The van der Waals surface area contributed by atoms with E-state index in [0.717, 1.165) is 0 Å². The molecule has 0 radical (unpaired) electrons. The second kappa shape index (κ2) is 5.27. The molecule has 110 valence electrons. The van der Waals surface area contributed by atoms with E-state index in [4.69, 9.17) is 0 Å². The van der Waals surface area contributed by atoms with Crippen molar-refractivity contribution in [1.29, 1.82) is 0 Å². The van der Waals surface area contributed by atoms with Crippen molar-refractivity contribution in [3.8, 4) is 11.4 Å². The van der Waals surface area contributed by atoms with E-state index < -0.39 is 12.2 Å². The van der Waals surface area contributed by atoms with Crippen LogP contribution in [0.5, 0.6) is 0 Å². The molecule has 3 heterocycles. The van der Waals surface area contributed by atoms with Gasteiger partial charge < -0.3 is 4.90 Å². The van der Waals surface area contributed by atoms with Crippen LogP contribution in [0.15, 0.2) is 30.9 Å². The molecule has 1 aliphatic rings. The Kier molecular flexibility index (Phi) is 3.44. The van der Waals surface area contributed by atoms with Gasteiger partial charge >= 0.3 is 6.18 Å². The predicted octanol–water partition coefficient (Wildman–Crippen LogP) is 2.46. The number of nitrogens with zero attached hydrogens (tertiary/aromatic N) is 5. The van der Waals surface area contributed by atoms with E-state index in [-0.39, 0.29) is 12.4 Å². The Bertz CT molecular complexity index is 599. The maximum atomic E-state index is 12.9. The monoisotopic (exact) mass is 295 g/mol. The first-order valence-electron chi connectivity index (χ1n) is 6.48. The normalized spacial score (nSPS) is 19.0. The molecule has 3 rings (SSSR count). The van der Waals surface area contributed by atoms with E-state index in [9.17, 15) is 13.2 Å². The van der Waals surface area contributed by atoms with Gasteiger partial charge in [-0.25, -0.2) is 19.9 Å². The predicted molar refractivity (Wildman–Crippen MR) is 69.5 cm³/mol. The van der Waals surface area contributed by atoms with Crippen LogP contribution in [0, 0.1) is 0 Å². The molecule has 1 saturated heterocycles. The molecular formula is C13H12F3N5. The van der Waals surface area contributed by atoms with Gasteiger partial charge in [0.25, 0.3) is 0 Å². The Morgan fingerprint density at radius 2 is 1.71 bits per heavy atom. The lowest BCUT2D eigenvalue weighted by molar-refractivity contribution is -0.146. The molecule has 0 aliphatic carbocycles. The summed E-state index contributed by atoms with van der Waals surface area (Å²) in [6.07, 6.45) is 2.36. The molecule has 0 saturated carbocycles. The Labute approximate surface area is 118 Å². The van der Waals surface area contributed by atoms with Crippen LogP contribution < -0.4 is 4.90 Å². The van der Waals surface area contributed by atoms with Crippen LogP contribution in [-0.2, 0) is 0 Å². The maximum Gasteiger partial charge on any atom is 0.408 e. The average Bonchev–Trinajstić information content (AvgIpc) is 2.98. The van der Waals surface area contributed by atoms with Crippen molar-refractivity contribution in [1.82, 2.24) is 19.9 Å². The Balaban J connectivity index is 1.84. The van der Waals surface area contributed by atoms with Crippen molar-refractivity contribution < 1.29 is 13.2 Å². The van der Waals surface area contributed by atoms with E-state index >= 15 is 0 Å². The van der Waals surface area contributed by atoms with Crippen LogP contribution in [0.4, 0.5) is 19.1 Å². The van der Waals surface area contributed by atoms with Crippen LogP contribution in [0.3, 0.4) is 0 Å². The molecule has 0 N–H and O–H groups in total. The highest BCUT2D eigenvalue weighted by molar-refractivity contribution is 5.52. The fourth-order valence-electron chi connectivity index (χ4n) is 2.38. The summed E-state index contributed by atoms with van der Waals surface area (Å²) in [7, 11) is 0. The molecule has 0 spiro atoms. The molecule has 1 fully saturated rings. The highest BCUT2D eigenvalue weighted by Crippen LogP contribution is 2.34. The zero-order valence-electron chi connectivity index (χ0n) is 11.0. The molecule has 0 unspecified atom stereocenters. The van der Waals surface area contributed by atoms with Gasteiger partial charge in [0, 0.05) is 31.3 Å². The lowest BCUT2D eigenvalue weighted by Gasteiger charge is -2.26. The number of alkyl halides is 3. The van der Waals surface area contributed by atoms with E-state index in [1.165, 1.54) is 17.3 Å². The van der Waals surface area contributed by atoms with Gasteiger partial charge in [-0.1, -0.05) is 0 Å². The second-order valence-electron chi connectivity index (χ2n) is 4.74. The topological polar surface area (TPSA) is 54.8 Å². The number of hydrogen-bond acceptors (Lipinski definition) is 5. The third kappa shape index (κ3) is 2.79. The van der Waals surface area contributed by atoms with Crippen LogP contribution >= 0.6 is 0 Å². The van der Waals surface area contributed by atoms with Gasteiger partial charge in [0.05, 0.1) is 5.56 Å². The average molecular weight is 295 g/mol. The van der Waals surface area contributed by atoms with Crippen LogP contribution in [0.25, 0.3) is 11.4 Å². The Morgan fingerprint density at radius 1 is 1.05 bits per heavy atom. The summed E-state index contributed by atoms with van der Waals surface area (Å²) in [5.41, 5.74) is 0.571. The zero-order chi connectivity index (χ0) is 14.9. The molecule has 2 aromatic rings. The van der Waals surface area contributed by atoms with Gasteiger partial charge in [-0.3, -0.25) is 0 Å². The molecule has 1 aliphatic heterocycles. The van der Waals surface area contributed by atoms with Crippen molar-refractivity contribution in [2.45, 2.75) is 25.1 Å². The summed E-state index contributed by atoms with van der Waals surface area (Å²) in [6, 6.07) is 0.174. The standard InChI is InChI=1S/C13H12F3N5/c14-13(15,16)10-3-1-6-21(10)12-19-7-9(8-20-12)11-17-4-2-5-18-11/h2,4-5,7-8,10H,1,3,6H2/t10-/m0/s1. The summed E-state index contributed by atoms with van der Waals surface area (Å²) in [6.45, 7) is 0.311. The molecule has 5 nitrogen and oxygen atoms in total. The van der Waals surface area contributed by atoms with Gasteiger partial charge in [-0.2, -0.15) is 13.2 Å². The summed E-state index contributed by atoms with van der Waals surface area (Å²) in [5, 5.41) is 0. The second-order valence-corrected chi connectivity index (χ2v) is 4.74. The molecule has 2 aromatic heterocycles. The van der Waals surface area contributed by atoms with Crippen molar-refractivity contribution in [2.75, 3.05) is 11.4 Å². The van der Waals surface area contributed by atoms with E-state index in [1.54, 1.807) is 18.5 Å². The largest absolute Gasteiger partial charge is 0.408 e. The molecule has 21 heavy (non-hydrogen) atoms. The quantitative estimate of drug-likeness (QED) is 0.852. The van der Waals surface area contributed by atoms with E-state index in [2.05, 4.69) is 19.9 Å². The fraction of sp³-hybridized carbons (Fsp3) is 0.385. The maximum absolute atomic E-state index is 12.9. The number of anilines is 1. The minimum atomic E-state index is -4.26. The number of rotatable bonds is 2. The highest BCUT2D eigenvalue weighted by Gasteiger charge is 2.46. The van der Waals surface area contributed by atoms with Crippen LogP contribution in [-0.4, -0.2) is 38.7 Å². The third-order valence-electron chi connectivity index (χ3n) is 3.35. The number of halogens is 3. The van der Waals surface area contributed by atoms with Crippen molar-refractivity contribution in [3.63, 3.8) is 0 Å². The lowest BCUT2D eigenvalue weighted by Crippen LogP contribution is -2.42. The highest BCUT2D eigenvalue weighted by atomic mass is 19.4. The first kappa shape index (κ1) is 13.7. The number of aromatic nitrogens is 4. The fourth-order valence-corrected chi connectivity index (χ4v) is 2.38. The van der Waals surface area contributed by atoms with Gasteiger partial charge in [0.15, 0.2) is 5.82 Å². The third-order valence-corrected chi connectivity index (χ3v) is 3.35. The number of hydrogen-bond donors (Lipinski definition) is 0. The summed E-state index contributed by atoms with van der Waals surface area (Å²) >= 11 is 0. The van der Waals surface area contributed by atoms with Crippen molar-refractivity contribution in [3.05, 3.63) is 30.9 Å². The zero-order valence-corrected chi connectivity index (χ0v) is 11.0. The van der Waals surface area contributed by atoms with Gasteiger partial charge in [-0.05, 0) is 18.9 Å². The van der Waals surface area contributed by atoms with Crippen LogP contribution in [0.1, 0.15) is 12.8 Å². The first-order valence-corrected chi connectivity index (χ1v) is 6.48. The minimum absolute atomic E-state index is 0.0798. The molecular weight excluding hydrogens is 283 g/mol. The molecule has 0 amide bonds. The van der Waals surface area contributed by atoms with Crippen molar-refractivity contribution in [2.24, 2.45) is 0 Å². The Hall–Kier alpha value is -2.25. The first-order chi connectivity index (χ1) is 10.1. The molecule has 8 heteroatoms. The smallest absolute Gasteiger partial charge is 0.329 e. The van der Waals surface area contributed by atoms with Crippen LogP contribution in [0.2, 0.25) is 0 Å². The minimum Gasteiger partial charge on any atom is -0.329 e. The van der Waals surface area contributed by atoms with E-state index in [0.29, 0.717) is 24.4 Å². The summed E-state index contributed by atoms with van der Waals surface area (Å²) < 4.78 is 38.8. The lowest BCUT2D eigenvalue weighted by atomic mass is 10.2.